The van der Waals surface area contributed by atoms with E-state index >= 15 is 0 Å². The Labute approximate surface area is 112 Å². The lowest BCUT2D eigenvalue weighted by atomic mass is 10.3. The Kier molecular flexibility index (Phi) is 3.25. The number of imidazole rings is 1. The molecule has 3 rings (SSSR count). The fourth-order valence-corrected chi connectivity index (χ4v) is 2.63. The second-order valence-corrected chi connectivity index (χ2v) is 5.15. The maximum atomic E-state index is 5.80. The van der Waals surface area contributed by atoms with E-state index < -0.39 is 0 Å². The predicted molar refractivity (Wildman–Crippen MR) is 76.2 cm³/mol. The normalized spacial score (nSPS) is 17.9. The number of fused-ring (bicyclic) bond motifs is 1. The number of anilines is 2. The molecule has 1 unspecified atom stereocenters. The van der Waals surface area contributed by atoms with Crippen LogP contribution in [0.15, 0.2) is 18.6 Å². The molecular weight excluding hydrogens is 240 g/mol. The molecule has 0 spiro atoms. The Balaban J connectivity index is 1.72. The first-order chi connectivity index (χ1) is 9.24. The topological polar surface area (TPSA) is 71.5 Å². The van der Waals surface area contributed by atoms with Gasteiger partial charge < -0.3 is 15.5 Å². The predicted octanol–water partition coefficient (Wildman–Crippen LogP) is 1.21. The smallest absolute Gasteiger partial charge is 0.180 e. The van der Waals surface area contributed by atoms with Gasteiger partial charge in [-0.3, -0.25) is 4.90 Å². The summed E-state index contributed by atoms with van der Waals surface area (Å²) in [5, 5.41) is 3.38. The molecule has 0 bridgehead atoms. The molecule has 1 saturated heterocycles. The van der Waals surface area contributed by atoms with Gasteiger partial charge in [0.25, 0.3) is 0 Å². The highest BCUT2D eigenvalue weighted by Gasteiger charge is 2.18. The summed E-state index contributed by atoms with van der Waals surface area (Å²) in [6, 6.07) is 0.501. The summed E-state index contributed by atoms with van der Waals surface area (Å²) < 4.78 is 1.89. The van der Waals surface area contributed by atoms with Crippen molar-refractivity contribution in [2.24, 2.45) is 0 Å². The van der Waals surface area contributed by atoms with Gasteiger partial charge in [0.15, 0.2) is 11.5 Å². The Hall–Kier alpha value is -1.82. The van der Waals surface area contributed by atoms with Crippen molar-refractivity contribution in [1.82, 2.24) is 19.3 Å². The Morgan fingerprint density at radius 2 is 2.21 bits per heavy atom. The molecular formula is C13H20N6. The average molecular weight is 260 g/mol. The van der Waals surface area contributed by atoms with Crippen LogP contribution in [0.4, 0.5) is 11.6 Å². The number of likely N-dealkylation sites (tertiary alicyclic amines) is 1. The van der Waals surface area contributed by atoms with E-state index in [9.17, 15) is 0 Å². The van der Waals surface area contributed by atoms with Crippen molar-refractivity contribution in [3.8, 4) is 0 Å². The molecule has 3 N–H and O–H groups in total. The molecule has 2 aromatic heterocycles. The van der Waals surface area contributed by atoms with Gasteiger partial charge in [0.2, 0.25) is 0 Å². The number of nitrogens with one attached hydrogen (secondary N) is 1. The third kappa shape index (κ3) is 2.49. The monoisotopic (exact) mass is 260 g/mol. The van der Waals surface area contributed by atoms with Gasteiger partial charge in [-0.2, -0.15) is 0 Å². The van der Waals surface area contributed by atoms with E-state index in [-0.39, 0.29) is 0 Å². The van der Waals surface area contributed by atoms with Gasteiger partial charge in [-0.25, -0.2) is 9.97 Å². The summed E-state index contributed by atoms with van der Waals surface area (Å²) in [5.74, 6) is 1.26. The van der Waals surface area contributed by atoms with E-state index in [0.29, 0.717) is 11.9 Å². The molecule has 3 heterocycles. The van der Waals surface area contributed by atoms with Crippen LogP contribution in [-0.2, 0) is 0 Å². The van der Waals surface area contributed by atoms with Gasteiger partial charge in [0.1, 0.15) is 5.82 Å². The van der Waals surface area contributed by atoms with Crippen molar-refractivity contribution >= 4 is 17.3 Å². The summed E-state index contributed by atoms with van der Waals surface area (Å²) in [6.07, 6.45) is 8.03. The van der Waals surface area contributed by atoms with Gasteiger partial charge in [0, 0.05) is 25.0 Å². The van der Waals surface area contributed by atoms with Crippen LogP contribution >= 0.6 is 0 Å². The summed E-state index contributed by atoms with van der Waals surface area (Å²) >= 11 is 0. The first-order valence-corrected chi connectivity index (χ1v) is 6.81. The third-order valence-electron chi connectivity index (χ3n) is 3.72. The summed E-state index contributed by atoms with van der Waals surface area (Å²) in [4.78, 5) is 11.1. The lowest BCUT2D eigenvalue weighted by Crippen LogP contribution is -2.35. The standard InChI is InChI=1S/C13H20N6/c1-10(18-5-2-3-6-18)8-16-12-13-15-4-7-19(13)9-11(14)17-12/h4,7,9-10H,2-3,5-6,8,14H2,1H3,(H,16,17). The SMILES string of the molecule is CC(CNc1nc(N)cn2ccnc12)N1CCCC1. The van der Waals surface area contributed by atoms with Crippen LogP contribution in [0.2, 0.25) is 0 Å². The lowest BCUT2D eigenvalue weighted by Gasteiger charge is -2.24. The molecule has 0 aliphatic carbocycles. The van der Waals surface area contributed by atoms with Crippen LogP contribution < -0.4 is 11.1 Å². The number of nitrogen functional groups attached to an aromatic ring is 1. The van der Waals surface area contributed by atoms with Gasteiger partial charge in [0.05, 0.1) is 6.20 Å². The molecule has 1 fully saturated rings. The van der Waals surface area contributed by atoms with Crippen molar-refractivity contribution in [2.75, 3.05) is 30.7 Å². The maximum Gasteiger partial charge on any atom is 0.180 e. The minimum Gasteiger partial charge on any atom is -0.382 e. The third-order valence-corrected chi connectivity index (χ3v) is 3.72. The number of aromatic nitrogens is 3. The highest BCUT2D eigenvalue weighted by molar-refractivity contribution is 5.64. The minimum atomic E-state index is 0.501. The van der Waals surface area contributed by atoms with Crippen LogP contribution in [0.5, 0.6) is 0 Å². The number of hydrogen-bond acceptors (Lipinski definition) is 5. The molecule has 1 aliphatic rings. The van der Waals surface area contributed by atoms with Crippen molar-refractivity contribution in [3.63, 3.8) is 0 Å². The van der Waals surface area contributed by atoms with Crippen LogP contribution in [0.25, 0.3) is 5.65 Å². The molecule has 0 amide bonds. The van der Waals surface area contributed by atoms with Crippen molar-refractivity contribution in [2.45, 2.75) is 25.8 Å². The van der Waals surface area contributed by atoms with E-state index in [4.69, 9.17) is 5.73 Å². The lowest BCUT2D eigenvalue weighted by molar-refractivity contribution is 0.269. The first-order valence-electron chi connectivity index (χ1n) is 6.81. The maximum absolute atomic E-state index is 5.80. The Morgan fingerprint density at radius 3 is 3.00 bits per heavy atom. The zero-order valence-corrected chi connectivity index (χ0v) is 11.2. The molecule has 6 heteroatoms. The van der Waals surface area contributed by atoms with E-state index in [1.54, 1.807) is 12.4 Å². The van der Waals surface area contributed by atoms with E-state index in [1.165, 1.54) is 25.9 Å². The number of hydrogen-bond donors (Lipinski definition) is 2. The van der Waals surface area contributed by atoms with Gasteiger partial charge >= 0.3 is 0 Å². The molecule has 6 nitrogen and oxygen atoms in total. The molecule has 1 aliphatic heterocycles. The molecule has 0 saturated carbocycles. The van der Waals surface area contributed by atoms with Crippen molar-refractivity contribution in [1.29, 1.82) is 0 Å². The molecule has 0 radical (unpaired) electrons. The largest absolute Gasteiger partial charge is 0.382 e. The summed E-state index contributed by atoms with van der Waals surface area (Å²) in [7, 11) is 0. The molecule has 2 aromatic rings. The highest BCUT2D eigenvalue weighted by atomic mass is 15.2. The number of nitrogens with two attached hydrogens (primary N) is 1. The Morgan fingerprint density at radius 1 is 1.42 bits per heavy atom. The van der Waals surface area contributed by atoms with Crippen LogP contribution in [-0.4, -0.2) is 44.9 Å². The van der Waals surface area contributed by atoms with Gasteiger partial charge in [-0.15, -0.1) is 0 Å². The highest BCUT2D eigenvalue weighted by Crippen LogP contribution is 2.16. The molecule has 0 aromatic carbocycles. The van der Waals surface area contributed by atoms with Crippen molar-refractivity contribution in [3.05, 3.63) is 18.6 Å². The van der Waals surface area contributed by atoms with Crippen molar-refractivity contribution < 1.29 is 0 Å². The van der Waals surface area contributed by atoms with E-state index in [1.807, 2.05) is 10.6 Å². The van der Waals surface area contributed by atoms with Crippen LogP contribution in [0.3, 0.4) is 0 Å². The van der Waals surface area contributed by atoms with Gasteiger partial charge in [-0.05, 0) is 32.9 Å². The second kappa shape index (κ2) is 5.05. The minimum absolute atomic E-state index is 0.501. The molecule has 1 atom stereocenters. The average Bonchev–Trinajstić information content (AvgIpc) is 3.05. The van der Waals surface area contributed by atoms with E-state index in [0.717, 1.165) is 18.0 Å². The molecule has 102 valence electrons. The van der Waals surface area contributed by atoms with Gasteiger partial charge in [-0.1, -0.05) is 0 Å². The zero-order chi connectivity index (χ0) is 13.2. The first kappa shape index (κ1) is 12.2. The van der Waals surface area contributed by atoms with Crippen LogP contribution in [0, 0.1) is 0 Å². The summed E-state index contributed by atoms with van der Waals surface area (Å²) in [6.45, 7) is 5.50. The fourth-order valence-electron chi connectivity index (χ4n) is 2.63. The Bertz CT molecular complexity index is 557. The number of rotatable bonds is 4. The molecule has 19 heavy (non-hydrogen) atoms. The van der Waals surface area contributed by atoms with E-state index in [2.05, 4.69) is 27.1 Å². The second-order valence-electron chi connectivity index (χ2n) is 5.15. The fraction of sp³-hybridized carbons (Fsp3) is 0.538. The quantitative estimate of drug-likeness (QED) is 0.864. The summed E-state index contributed by atoms with van der Waals surface area (Å²) in [5.41, 5.74) is 6.62. The van der Waals surface area contributed by atoms with Crippen LogP contribution in [0.1, 0.15) is 19.8 Å². The number of nitrogens with zero attached hydrogens (tertiary/aromatic N) is 4. The zero-order valence-electron chi connectivity index (χ0n) is 11.2.